The Morgan fingerprint density at radius 2 is 1.17 bits per heavy atom. The monoisotopic (exact) mass is 1090 g/mol. The average molecular weight is 1090 g/mol. The Bertz CT molecular complexity index is 3380. The second kappa shape index (κ2) is 22.8. The molecule has 9 rings (SSSR count). The number of carbonyl (C=O) groups excluding carboxylic acids is 1. The smallest absolute Gasteiger partial charge is 0.387 e. The maximum Gasteiger partial charge on any atom is 0.387 e. The zero-order valence-electron chi connectivity index (χ0n) is 43.4. The molecule has 0 atom stereocenters. The number of rotatable bonds is 20. The first-order chi connectivity index (χ1) is 36.0. The summed E-state index contributed by atoms with van der Waals surface area (Å²) >= 11 is 0. The van der Waals surface area contributed by atoms with Gasteiger partial charge in [0.1, 0.15) is 64.3 Å². The number of hydrogen-bond acceptors (Lipinski definition) is 14. The largest absolute Gasteiger partial charge is 0.478 e. The van der Waals surface area contributed by atoms with Crippen molar-refractivity contribution >= 4 is 72.2 Å². The fourth-order valence-corrected chi connectivity index (χ4v) is 10.1. The summed E-state index contributed by atoms with van der Waals surface area (Å²) in [6.45, 7) is 9.78. The molecule has 20 nitrogen and oxygen atoms in total. The Balaban J connectivity index is 0.000000206. The summed E-state index contributed by atoms with van der Waals surface area (Å²) < 4.78 is 84.0. The average Bonchev–Trinajstić information content (AvgIpc) is 4.11. The predicted molar refractivity (Wildman–Crippen MR) is 280 cm³/mol. The number of aliphatic hydroxyl groups is 1. The number of carboxylic acids is 1. The second-order valence-electron chi connectivity index (χ2n) is 20.9. The number of aryl methyl sites for hydroxylation is 2. The number of amides is 1. The molecule has 0 unspecified atom stereocenters. The lowest BCUT2D eigenvalue weighted by Gasteiger charge is -2.36. The van der Waals surface area contributed by atoms with Crippen molar-refractivity contribution in [3.8, 4) is 34.3 Å². The SMILES string of the molecule is Cn1nc(-c2cnc3c(n2)c(C(=O)NC2(CO)CCOCC2)cn3COCC[Si](C)(C)C)c2cc(OC(F)F)ccc21.Cn1nc(-c2cnc3c(n2)c(C(=O)O)cn3COCC[Si](C)(C)C)c2cc(OC(F)F)ccc21. The minimum absolute atomic E-state index is 0.00626. The first-order valence-corrected chi connectivity index (χ1v) is 31.9. The van der Waals surface area contributed by atoms with Gasteiger partial charge in [0.2, 0.25) is 0 Å². The highest BCUT2D eigenvalue weighted by atomic mass is 28.3. The summed E-state index contributed by atoms with van der Waals surface area (Å²) in [7, 11) is 0.893. The minimum atomic E-state index is -2.97. The summed E-state index contributed by atoms with van der Waals surface area (Å²) in [6, 6.07) is 11.0. The van der Waals surface area contributed by atoms with Crippen molar-refractivity contribution in [3.63, 3.8) is 0 Å². The molecule has 3 N–H and O–H groups in total. The lowest BCUT2D eigenvalue weighted by molar-refractivity contribution is -0.0504. The van der Waals surface area contributed by atoms with E-state index in [9.17, 15) is 37.4 Å². The third-order valence-electron chi connectivity index (χ3n) is 12.8. The zero-order chi connectivity index (χ0) is 54.7. The minimum Gasteiger partial charge on any atom is -0.478 e. The first kappa shape index (κ1) is 55.4. The van der Waals surface area contributed by atoms with Gasteiger partial charge < -0.3 is 48.3 Å². The number of aromatic nitrogens is 10. The van der Waals surface area contributed by atoms with Crippen molar-refractivity contribution in [2.75, 3.05) is 33.0 Å². The van der Waals surface area contributed by atoms with Gasteiger partial charge >= 0.3 is 19.2 Å². The Morgan fingerprint density at radius 1 is 0.724 bits per heavy atom. The molecule has 0 bridgehead atoms. The van der Waals surface area contributed by atoms with Gasteiger partial charge in [0.15, 0.2) is 11.3 Å². The molecule has 406 valence electrons. The molecular weight excluding hydrogens is 1030 g/mol. The van der Waals surface area contributed by atoms with Crippen LogP contribution < -0.4 is 14.8 Å². The van der Waals surface area contributed by atoms with Crippen LogP contribution in [0, 0.1) is 0 Å². The van der Waals surface area contributed by atoms with Crippen LogP contribution in [0.1, 0.15) is 33.6 Å². The number of hydrogen-bond donors (Lipinski definition) is 3. The number of fused-ring (bicyclic) bond motifs is 4. The van der Waals surface area contributed by atoms with E-state index in [4.69, 9.17) is 19.2 Å². The molecule has 0 spiro atoms. The lowest BCUT2D eigenvalue weighted by Crippen LogP contribution is -2.54. The zero-order valence-corrected chi connectivity index (χ0v) is 45.4. The lowest BCUT2D eigenvalue weighted by atomic mass is 9.90. The number of halogens is 4. The molecule has 1 aliphatic heterocycles. The molecule has 1 amide bonds. The van der Waals surface area contributed by atoms with E-state index in [0.717, 1.165) is 12.1 Å². The highest BCUT2D eigenvalue weighted by molar-refractivity contribution is 6.76. The third kappa shape index (κ3) is 12.9. The standard InChI is InChI=1S/C28H36F2N6O5Si.C22H25F2N5O4Si/c1-35-22-6-5-18(41-27(29)30)13-19(22)23(34-35)21-14-31-25-24(32-21)20(15-36(25)17-40-11-12-42(2,3)4)26(38)33-28(16-37)7-9-39-10-8-28;1-28-17-6-5-13(33-22(23)24)9-14(17)18(27-28)16-10-25-20-19(26-16)15(21(30)31)11-29(20)12-32-7-8-34(2,3)4/h5-6,13-15,27,37H,7-12,16-17H2,1-4H3,(H,33,38);5-6,9-11,22H,7-8,12H2,1-4H3,(H,30,31). The van der Waals surface area contributed by atoms with Crippen LogP contribution in [0.2, 0.25) is 51.4 Å². The number of carbonyl (C=O) groups is 2. The first-order valence-electron chi connectivity index (χ1n) is 24.5. The van der Waals surface area contributed by atoms with Crippen LogP contribution in [-0.2, 0) is 41.8 Å². The van der Waals surface area contributed by atoms with E-state index in [1.807, 2.05) is 0 Å². The number of nitrogens with zero attached hydrogens (tertiary/aromatic N) is 10. The Morgan fingerprint density at radius 3 is 1.59 bits per heavy atom. The van der Waals surface area contributed by atoms with Gasteiger partial charge in [0.25, 0.3) is 5.91 Å². The highest BCUT2D eigenvalue weighted by Crippen LogP contribution is 2.34. The van der Waals surface area contributed by atoms with Crippen molar-refractivity contribution in [3.05, 3.63) is 72.3 Å². The molecule has 0 aliphatic carbocycles. The van der Waals surface area contributed by atoms with E-state index in [1.165, 1.54) is 36.7 Å². The van der Waals surface area contributed by atoms with Crippen LogP contribution in [-0.4, -0.2) is 139 Å². The van der Waals surface area contributed by atoms with Crippen LogP contribution >= 0.6 is 0 Å². The Hall–Kier alpha value is -6.85. The predicted octanol–water partition coefficient (Wildman–Crippen LogP) is 8.77. The van der Waals surface area contributed by atoms with E-state index in [1.54, 1.807) is 57.1 Å². The molecule has 2 aromatic carbocycles. The number of aliphatic hydroxyl groups excluding tert-OH is 1. The number of nitrogens with one attached hydrogen (secondary N) is 1. The molecule has 7 heterocycles. The molecule has 8 aromatic rings. The summed E-state index contributed by atoms with van der Waals surface area (Å²) in [5, 5.41) is 33.0. The van der Waals surface area contributed by atoms with Crippen LogP contribution in [0.3, 0.4) is 0 Å². The van der Waals surface area contributed by atoms with E-state index in [0.29, 0.717) is 101 Å². The number of aromatic carboxylic acids is 1. The fourth-order valence-electron chi connectivity index (χ4n) is 8.55. The van der Waals surface area contributed by atoms with E-state index in [2.05, 4.69) is 79.2 Å². The van der Waals surface area contributed by atoms with Crippen molar-refractivity contribution in [1.29, 1.82) is 0 Å². The van der Waals surface area contributed by atoms with Crippen molar-refractivity contribution in [2.45, 2.75) is 96.4 Å². The van der Waals surface area contributed by atoms with Gasteiger partial charge in [-0.05, 0) is 61.3 Å². The molecule has 6 aromatic heterocycles. The summed E-state index contributed by atoms with van der Waals surface area (Å²) in [6.07, 6.45) is 7.10. The van der Waals surface area contributed by atoms with Crippen molar-refractivity contribution in [2.24, 2.45) is 14.1 Å². The van der Waals surface area contributed by atoms with Gasteiger partial charge in [-0.3, -0.25) is 14.2 Å². The fraction of sp³-hybridized carbons (Fsp3) is 0.440. The molecule has 1 saturated heterocycles. The maximum absolute atomic E-state index is 13.7. The van der Waals surface area contributed by atoms with Crippen LogP contribution in [0.25, 0.3) is 66.9 Å². The topological polar surface area (TPSA) is 230 Å². The molecule has 0 saturated carbocycles. The number of ether oxygens (including phenoxy) is 5. The number of alkyl halides is 4. The number of carboxylic acid groups (broad SMARTS) is 1. The summed E-state index contributed by atoms with van der Waals surface area (Å²) in [4.78, 5) is 44.0. The molecule has 1 fully saturated rings. The van der Waals surface area contributed by atoms with Gasteiger partial charge in [0.05, 0.1) is 41.1 Å². The van der Waals surface area contributed by atoms with Crippen LogP contribution in [0.5, 0.6) is 11.5 Å². The molecule has 26 heteroatoms. The van der Waals surface area contributed by atoms with E-state index < -0.39 is 46.8 Å². The molecule has 1 aliphatic rings. The Kier molecular flexibility index (Phi) is 16.6. The number of benzene rings is 2. The third-order valence-corrected chi connectivity index (χ3v) is 16.2. The van der Waals surface area contributed by atoms with Crippen LogP contribution in [0.15, 0.2) is 61.2 Å². The van der Waals surface area contributed by atoms with Gasteiger partial charge in [-0.15, -0.1) is 0 Å². The molecule has 76 heavy (non-hydrogen) atoms. The normalized spacial score (nSPS) is 14.0. The highest BCUT2D eigenvalue weighted by Gasteiger charge is 2.35. The quantitative estimate of drug-likeness (QED) is 0.0368. The van der Waals surface area contributed by atoms with Crippen LogP contribution in [0.4, 0.5) is 17.6 Å². The molecule has 0 radical (unpaired) electrons. The summed E-state index contributed by atoms with van der Waals surface area (Å²) in [5.74, 6) is -1.57. The van der Waals surface area contributed by atoms with E-state index in [-0.39, 0.29) is 48.2 Å². The van der Waals surface area contributed by atoms with Crippen molar-refractivity contribution in [1.82, 2.24) is 53.9 Å². The van der Waals surface area contributed by atoms with Gasteiger partial charge in [0, 0.05) is 79.8 Å². The van der Waals surface area contributed by atoms with Crippen molar-refractivity contribution < 1.29 is 61.0 Å². The molecular formula is C50H61F4N11O9Si2. The Labute approximate surface area is 435 Å². The van der Waals surface area contributed by atoms with E-state index >= 15 is 0 Å². The van der Waals surface area contributed by atoms with Gasteiger partial charge in [-0.2, -0.15) is 27.8 Å². The summed E-state index contributed by atoms with van der Waals surface area (Å²) in [5.41, 5.74) is 3.61. The van der Waals surface area contributed by atoms with Gasteiger partial charge in [-0.25, -0.2) is 24.7 Å². The van der Waals surface area contributed by atoms with Gasteiger partial charge in [-0.1, -0.05) is 39.3 Å². The maximum atomic E-state index is 13.7. The second-order valence-corrected chi connectivity index (χ2v) is 32.2.